The van der Waals surface area contributed by atoms with Gasteiger partial charge in [-0.25, -0.2) is 9.07 Å². The third-order valence-electron chi connectivity index (χ3n) is 5.84. The maximum atomic E-state index is 13.0. The number of nitrogens with one attached hydrogen (secondary N) is 1. The van der Waals surface area contributed by atoms with Gasteiger partial charge in [0.05, 0.1) is 18.0 Å². The molecule has 0 saturated carbocycles. The lowest BCUT2D eigenvalue weighted by atomic mass is 9.97. The summed E-state index contributed by atoms with van der Waals surface area (Å²) >= 11 is 3.46. The van der Waals surface area contributed by atoms with Gasteiger partial charge in [0.25, 0.3) is 5.56 Å². The minimum atomic E-state index is -0.219. The summed E-state index contributed by atoms with van der Waals surface area (Å²) in [6.45, 7) is 4.25. The van der Waals surface area contributed by atoms with Crippen molar-refractivity contribution in [2.45, 2.75) is 25.9 Å². The van der Waals surface area contributed by atoms with Crippen LogP contribution in [0.3, 0.4) is 0 Å². The maximum absolute atomic E-state index is 13.0. The van der Waals surface area contributed by atoms with Crippen LogP contribution in [0.5, 0.6) is 0 Å². The molecule has 0 radical (unpaired) electrons. The molecule has 7 heteroatoms. The first-order valence-corrected chi connectivity index (χ1v) is 11.5. The van der Waals surface area contributed by atoms with Crippen molar-refractivity contribution < 1.29 is 9.13 Å². The van der Waals surface area contributed by atoms with Gasteiger partial charge in [-0.15, -0.1) is 0 Å². The highest BCUT2D eigenvalue weighted by Crippen LogP contribution is 2.20. The van der Waals surface area contributed by atoms with Crippen molar-refractivity contribution in [3.8, 4) is 5.69 Å². The lowest BCUT2D eigenvalue weighted by molar-refractivity contribution is 0.0578. The van der Waals surface area contributed by atoms with Gasteiger partial charge in [-0.2, -0.15) is 0 Å². The largest absolute Gasteiger partial charge is 0.376 e. The summed E-state index contributed by atoms with van der Waals surface area (Å²) in [6, 6.07) is 16.1. The average molecular weight is 488 g/mol. The fourth-order valence-electron chi connectivity index (χ4n) is 3.96. The highest BCUT2D eigenvalue weighted by molar-refractivity contribution is 9.10. The van der Waals surface area contributed by atoms with Crippen LogP contribution in [0.15, 0.2) is 63.9 Å². The number of hydrogen-bond donors (Lipinski definition) is 1. The van der Waals surface area contributed by atoms with Crippen molar-refractivity contribution >= 4 is 15.9 Å². The SMILES string of the molecule is O=c1c(Br)c(CCN2CCC(COCc3ccc(F)cc3)CC2)[nH]n1-c1ccccc1. The molecular weight excluding hydrogens is 461 g/mol. The number of aromatic nitrogens is 2. The Labute approximate surface area is 189 Å². The van der Waals surface area contributed by atoms with E-state index in [0.29, 0.717) is 17.0 Å². The smallest absolute Gasteiger partial charge is 0.285 e. The molecule has 0 spiro atoms. The number of aromatic amines is 1. The molecule has 0 unspecified atom stereocenters. The van der Waals surface area contributed by atoms with Crippen molar-refractivity contribution in [3.05, 3.63) is 86.5 Å². The Kier molecular flexibility index (Phi) is 7.37. The second kappa shape index (κ2) is 10.4. The zero-order valence-electron chi connectivity index (χ0n) is 17.4. The molecule has 1 aliphatic heterocycles. The number of piperidine rings is 1. The van der Waals surface area contributed by atoms with E-state index in [4.69, 9.17) is 4.74 Å². The van der Waals surface area contributed by atoms with Gasteiger partial charge in [0.15, 0.2) is 0 Å². The molecule has 1 fully saturated rings. The van der Waals surface area contributed by atoms with E-state index >= 15 is 0 Å². The molecule has 3 aromatic rings. The molecule has 0 amide bonds. The minimum absolute atomic E-state index is 0.0572. The highest BCUT2D eigenvalue weighted by Gasteiger charge is 2.20. The third-order valence-corrected chi connectivity index (χ3v) is 6.66. The molecule has 4 rings (SSSR count). The first kappa shape index (κ1) is 22.0. The number of halogens is 2. The zero-order chi connectivity index (χ0) is 21.6. The molecule has 0 bridgehead atoms. The topological polar surface area (TPSA) is 50.3 Å². The van der Waals surface area contributed by atoms with Crippen molar-refractivity contribution in [1.29, 1.82) is 0 Å². The van der Waals surface area contributed by atoms with Crippen LogP contribution in [0.2, 0.25) is 0 Å². The normalized spacial score (nSPS) is 15.4. The van der Waals surface area contributed by atoms with E-state index in [1.54, 1.807) is 16.8 Å². The Bertz CT molecular complexity index is 1030. The van der Waals surface area contributed by atoms with Crippen molar-refractivity contribution in [2.75, 3.05) is 26.2 Å². The van der Waals surface area contributed by atoms with Gasteiger partial charge in [0, 0.05) is 19.6 Å². The van der Waals surface area contributed by atoms with Gasteiger partial charge in [-0.05, 0) is 77.6 Å². The molecule has 31 heavy (non-hydrogen) atoms. The molecule has 0 aliphatic carbocycles. The Balaban J connectivity index is 1.22. The Hall–Kier alpha value is -2.22. The summed E-state index contributed by atoms with van der Waals surface area (Å²) in [5.41, 5.74) is 2.71. The predicted octanol–water partition coefficient (Wildman–Crippen LogP) is 4.54. The number of nitrogens with zero attached hydrogens (tertiary/aromatic N) is 2. The summed E-state index contributed by atoms with van der Waals surface area (Å²) in [7, 11) is 0. The second-order valence-electron chi connectivity index (χ2n) is 8.06. The van der Waals surface area contributed by atoms with Gasteiger partial charge in [-0.1, -0.05) is 30.3 Å². The molecule has 2 heterocycles. The summed E-state index contributed by atoms with van der Waals surface area (Å²) in [4.78, 5) is 15.0. The zero-order valence-corrected chi connectivity index (χ0v) is 19.0. The predicted molar refractivity (Wildman–Crippen MR) is 123 cm³/mol. The molecule has 1 aromatic heterocycles. The van der Waals surface area contributed by atoms with Gasteiger partial charge in [0.1, 0.15) is 10.3 Å². The average Bonchev–Trinajstić information content (AvgIpc) is 3.09. The fourth-order valence-corrected chi connectivity index (χ4v) is 4.42. The fraction of sp³-hybridized carbons (Fsp3) is 0.375. The van der Waals surface area contributed by atoms with E-state index in [1.807, 2.05) is 30.3 Å². The van der Waals surface area contributed by atoms with Crippen LogP contribution >= 0.6 is 15.9 Å². The standard InChI is InChI=1S/C24H27BrFN3O2/c25-23-22(27-29(24(23)30)21-4-2-1-3-5-21)12-15-28-13-10-19(11-14-28)17-31-16-18-6-8-20(26)9-7-18/h1-9,19,27H,10-17H2. The molecule has 1 N–H and O–H groups in total. The van der Waals surface area contributed by atoms with Gasteiger partial charge >= 0.3 is 0 Å². The quantitative estimate of drug-likeness (QED) is 0.507. The first-order valence-electron chi connectivity index (χ1n) is 10.7. The molecule has 164 valence electrons. The van der Waals surface area contributed by atoms with Gasteiger partial charge < -0.3 is 9.64 Å². The van der Waals surface area contributed by atoms with Gasteiger partial charge in [0.2, 0.25) is 0 Å². The van der Waals surface area contributed by atoms with Crippen LogP contribution < -0.4 is 5.56 Å². The van der Waals surface area contributed by atoms with E-state index < -0.39 is 0 Å². The number of para-hydroxylation sites is 1. The number of likely N-dealkylation sites (tertiary alicyclic amines) is 1. The summed E-state index contributed by atoms with van der Waals surface area (Å²) < 4.78 is 21.0. The van der Waals surface area contributed by atoms with Crippen LogP contribution in [-0.2, 0) is 17.8 Å². The molecular formula is C24H27BrFN3O2. The Morgan fingerprint density at radius 2 is 1.77 bits per heavy atom. The van der Waals surface area contributed by atoms with Crippen molar-refractivity contribution in [1.82, 2.24) is 14.7 Å². The number of rotatable bonds is 8. The van der Waals surface area contributed by atoms with Crippen LogP contribution in [0.4, 0.5) is 4.39 Å². The Morgan fingerprint density at radius 3 is 2.48 bits per heavy atom. The van der Waals surface area contributed by atoms with Crippen molar-refractivity contribution in [3.63, 3.8) is 0 Å². The Morgan fingerprint density at radius 1 is 1.06 bits per heavy atom. The molecule has 5 nitrogen and oxygen atoms in total. The van der Waals surface area contributed by atoms with Crippen molar-refractivity contribution in [2.24, 2.45) is 5.92 Å². The minimum Gasteiger partial charge on any atom is -0.376 e. The number of benzene rings is 2. The molecule has 1 saturated heterocycles. The van der Waals surface area contributed by atoms with Crippen LogP contribution in [0.1, 0.15) is 24.1 Å². The van der Waals surface area contributed by atoms with E-state index in [-0.39, 0.29) is 11.4 Å². The van der Waals surface area contributed by atoms with Crippen LogP contribution in [-0.4, -0.2) is 40.9 Å². The molecule has 2 aromatic carbocycles. The van der Waals surface area contributed by atoms with Crippen LogP contribution in [0.25, 0.3) is 5.69 Å². The lowest BCUT2D eigenvalue weighted by Crippen LogP contribution is -2.36. The molecule has 1 aliphatic rings. The maximum Gasteiger partial charge on any atom is 0.285 e. The van der Waals surface area contributed by atoms with Crippen LogP contribution in [0, 0.1) is 11.7 Å². The number of hydrogen-bond acceptors (Lipinski definition) is 3. The van der Waals surface area contributed by atoms with E-state index in [1.165, 1.54) is 12.1 Å². The lowest BCUT2D eigenvalue weighted by Gasteiger charge is -2.31. The third kappa shape index (κ3) is 5.73. The number of H-pyrrole nitrogens is 1. The van der Waals surface area contributed by atoms with E-state index in [0.717, 1.165) is 62.4 Å². The van der Waals surface area contributed by atoms with E-state index in [9.17, 15) is 9.18 Å². The number of ether oxygens (including phenoxy) is 1. The van der Waals surface area contributed by atoms with E-state index in [2.05, 4.69) is 25.9 Å². The van der Waals surface area contributed by atoms with Gasteiger partial charge in [-0.3, -0.25) is 9.89 Å². The molecule has 0 atom stereocenters. The monoisotopic (exact) mass is 487 g/mol. The second-order valence-corrected chi connectivity index (χ2v) is 8.85. The first-order chi connectivity index (χ1) is 15.1. The highest BCUT2D eigenvalue weighted by atomic mass is 79.9. The summed E-state index contributed by atoms with van der Waals surface area (Å²) in [5, 5.41) is 3.25. The summed E-state index contributed by atoms with van der Waals surface area (Å²) in [6.07, 6.45) is 3.00. The summed E-state index contributed by atoms with van der Waals surface area (Å²) in [5.74, 6) is 0.339.